The van der Waals surface area contributed by atoms with Crippen LogP contribution in [-0.4, -0.2) is 45.8 Å². The van der Waals surface area contributed by atoms with Crippen molar-refractivity contribution < 1.29 is 14.0 Å². The van der Waals surface area contributed by atoms with E-state index in [9.17, 15) is 9.59 Å². The Kier molecular flexibility index (Phi) is 5.43. The highest BCUT2D eigenvalue weighted by Crippen LogP contribution is 2.35. The molecule has 0 unspecified atom stereocenters. The minimum Gasteiger partial charge on any atom is -0.464 e. The van der Waals surface area contributed by atoms with Crippen molar-refractivity contribution in [2.45, 2.75) is 43.6 Å². The molecule has 134 valence electrons. The first-order valence-electron chi connectivity index (χ1n) is 7.99. The maximum Gasteiger partial charge on any atom is 0.233 e. The van der Waals surface area contributed by atoms with Gasteiger partial charge >= 0.3 is 0 Å². The van der Waals surface area contributed by atoms with E-state index in [4.69, 9.17) is 4.42 Å². The van der Waals surface area contributed by atoms with Crippen molar-refractivity contribution in [3.05, 3.63) is 23.7 Å². The maximum absolute atomic E-state index is 12.2. The maximum atomic E-state index is 12.2. The van der Waals surface area contributed by atoms with Crippen LogP contribution in [0.3, 0.4) is 0 Å². The molecule has 7 nitrogen and oxygen atoms in total. The van der Waals surface area contributed by atoms with E-state index in [0.29, 0.717) is 16.0 Å². The van der Waals surface area contributed by atoms with Crippen molar-refractivity contribution in [3.8, 4) is 0 Å². The molecule has 2 aromatic heterocycles. The van der Waals surface area contributed by atoms with Gasteiger partial charge in [-0.3, -0.25) is 14.5 Å². The summed E-state index contributed by atoms with van der Waals surface area (Å²) in [6, 6.07) is 4.01. The van der Waals surface area contributed by atoms with Crippen LogP contribution in [0.1, 0.15) is 31.3 Å². The van der Waals surface area contributed by atoms with Gasteiger partial charge < -0.3 is 9.32 Å². The average Bonchev–Trinajstić information content (AvgIpc) is 3.12. The number of aryl methyl sites for hydroxylation is 1. The molecule has 3 rings (SSSR count). The van der Waals surface area contributed by atoms with E-state index < -0.39 is 0 Å². The SMILES string of the molecule is CC(=O)N(c1nnc(SCC(=O)N(C)Cc2ccc(C)o2)s1)C1CC1. The molecule has 2 aromatic rings. The van der Waals surface area contributed by atoms with Crippen LogP contribution in [0.2, 0.25) is 0 Å². The number of hydrogen-bond donors (Lipinski definition) is 0. The second-order valence-corrected chi connectivity index (χ2v) is 8.20. The first kappa shape index (κ1) is 17.9. The first-order chi connectivity index (χ1) is 11.9. The monoisotopic (exact) mass is 380 g/mol. The topological polar surface area (TPSA) is 79.5 Å². The molecule has 0 atom stereocenters. The molecule has 25 heavy (non-hydrogen) atoms. The summed E-state index contributed by atoms with van der Waals surface area (Å²) in [7, 11) is 1.75. The van der Waals surface area contributed by atoms with Crippen molar-refractivity contribution in [2.24, 2.45) is 0 Å². The molecular weight excluding hydrogens is 360 g/mol. The lowest BCUT2D eigenvalue weighted by atomic mass is 10.4. The molecule has 0 aromatic carbocycles. The minimum absolute atomic E-state index is 0.0126. The summed E-state index contributed by atoms with van der Waals surface area (Å²) in [5.74, 6) is 1.84. The van der Waals surface area contributed by atoms with Crippen molar-refractivity contribution >= 4 is 40.0 Å². The fraction of sp³-hybridized carbons (Fsp3) is 0.500. The van der Waals surface area contributed by atoms with Gasteiger partial charge in [-0.1, -0.05) is 23.1 Å². The highest BCUT2D eigenvalue weighted by Gasteiger charge is 2.34. The minimum atomic E-state index is -0.0141. The van der Waals surface area contributed by atoms with E-state index in [0.717, 1.165) is 24.4 Å². The Morgan fingerprint density at radius 3 is 2.72 bits per heavy atom. The summed E-state index contributed by atoms with van der Waals surface area (Å²) >= 11 is 2.70. The van der Waals surface area contributed by atoms with Crippen molar-refractivity contribution in [1.82, 2.24) is 15.1 Å². The molecule has 1 fully saturated rings. The Bertz CT molecular complexity index is 769. The standard InChI is InChI=1S/C16H20N4O3S2/c1-10-4-7-13(23-10)8-19(3)14(22)9-24-16-18-17-15(25-16)20(11(2)21)12-5-6-12/h4,7,12H,5-6,8-9H2,1-3H3. The smallest absolute Gasteiger partial charge is 0.233 e. The summed E-state index contributed by atoms with van der Waals surface area (Å²) in [6.45, 7) is 3.86. The molecule has 2 amide bonds. The molecule has 0 aliphatic heterocycles. The van der Waals surface area contributed by atoms with Gasteiger partial charge in [0.15, 0.2) is 4.34 Å². The van der Waals surface area contributed by atoms with Crippen LogP contribution in [0.4, 0.5) is 5.13 Å². The van der Waals surface area contributed by atoms with Gasteiger partial charge in [-0.2, -0.15) is 0 Å². The molecule has 0 saturated heterocycles. The Morgan fingerprint density at radius 1 is 1.36 bits per heavy atom. The Labute approximate surface area is 154 Å². The predicted molar refractivity (Wildman–Crippen MR) is 96.7 cm³/mol. The number of amides is 2. The molecule has 0 N–H and O–H groups in total. The highest BCUT2D eigenvalue weighted by atomic mass is 32.2. The molecule has 1 aliphatic rings. The van der Waals surface area contributed by atoms with Gasteiger partial charge in [-0.25, -0.2) is 0 Å². The van der Waals surface area contributed by atoms with Crippen LogP contribution in [0.15, 0.2) is 20.9 Å². The molecule has 0 radical (unpaired) electrons. The second kappa shape index (κ2) is 7.57. The van der Waals surface area contributed by atoms with Crippen LogP contribution < -0.4 is 4.90 Å². The van der Waals surface area contributed by atoms with Crippen molar-refractivity contribution in [3.63, 3.8) is 0 Å². The number of anilines is 1. The van der Waals surface area contributed by atoms with E-state index in [-0.39, 0.29) is 23.6 Å². The number of thioether (sulfide) groups is 1. The van der Waals surface area contributed by atoms with Crippen LogP contribution in [0.5, 0.6) is 0 Å². The zero-order valence-electron chi connectivity index (χ0n) is 14.4. The fourth-order valence-corrected chi connectivity index (χ4v) is 4.26. The molecule has 2 heterocycles. The predicted octanol–water partition coefficient (Wildman–Crippen LogP) is 2.71. The van der Waals surface area contributed by atoms with E-state index in [1.807, 2.05) is 19.1 Å². The lowest BCUT2D eigenvalue weighted by molar-refractivity contribution is -0.127. The van der Waals surface area contributed by atoms with Crippen LogP contribution in [-0.2, 0) is 16.1 Å². The quantitative estimate of drug-likeness (QED) is 0.543. The number of hydrogen-bond acceptors (Lipinski definition) is 7. The summed E-state index contributed by atoms with van der Waals surface area (Å²) in [5, 5.41) is 8.82. The van der Waals surface area contributed by atoms with Gasteiger partial charge in [0.2, 0.25) is 16.9 Å². The van der Waals surface area contributed by atoms with E-state index >= 15 is 0 Å². The number of nitrogens with zero attached hydrogens (tertiary/aromatic N) is 4. The average molecular weight is 380 g/mol. The fourth-order valence-electron chi connectivity index (χ4n) is 2.36. The van der Waals surface area contributed by atoms with E-state index in [1.165, 1.54) is 23.1 Å². The largest absolute Gasteiger partial charge is 0.464 e. The van der Waals surface area contributed by atoms with Crippen LogP contribution in [0.25, 0.3) is 0 Å². The zero-order valence-corrected chi connectivity index (χ0v) is 16.0. The van der Waals surface area contributed by atoms with Crippen LogP contribution in [0, 0.1) is 6.92 Å². The number of aromatic nitrogens is 2. The van der Waals surface area contributed by atoms with Crippen LogP contribution >= 0.6 is 23.1 Å². The summed E-state index contributed by atoms with van der Waals surface area (Å²) in [6.07, 6.45) is 2.02. The lowest BCUT2D eigenvalue weighted by Crippen LogP contribution is -2.30. The van der Waals surface area contributed by atoms with E-state index in [2.05, 4.69) is 10.2 Å². The third kappa shape index (κ3) is 4.60. The van der Waals surface area contributed by atoms with Gasteiger partial charge in [-0.05, 0) is 31.9 Å². The molecule has 0 spiro atoms. The number of rotatable bonds is 7. The number of furan rings is 1. The molecule has 0 bridgehead atoms. The molecule has 1 saturated carbocycles. The summed E-state index contributed by atoms with van der Waals surface area (Å²) in [4.78, 5) is 27.3. The van der Waals surface area contributed by atoms with Crippen molar-refractivity contribution in [1.29, 1.82) is 0 Å². The molecular formula is C16H20N4O3S2. The summed E-state index contributed by atoms with van der Waals surface area (Å²) < 4.78 is 6.18. The van der Waals surface area contributed by atoms with Gasteiger partial charge in [0.05, 0.1) is 12.3 Å². The van der Waals surface area contributed by atoms with Crippen molar-refractivity contribution in [2.75, 3.05) is 17.7 Å². The number of carbonyl (C=O) groups is 2. The van der Waals surface area contributed by atoms with Gasteiger partial charge in [0.1, 0.15) is 11.5 Å². The number of carbonyl (C=O) groups excluding carboxylic acids is 2. The lowest BCUT2D eigenvalue weighted by Gasteiger charge is -2.15. The third-order valence-electron chi connectivity index (χ3n) is 3.79. The van der Waals surface area contributed by atoms with Gasteiger partial charge in [0, 0.05) is 20.0 Å². The Morgan fingerprint density at radius 2 is 2.12 bits per heavy atom. The first-order valence-corrected chi connectivity index (χ1v) is 9.79. The van der Waals surface area contributed by atoms with Gasteiger partial charge in [0.25, 0.3) is 0 Å². The normalized spacial score (nSPS) is 13.7. The van der Waals surface area contributed by atoms with Gasteiger partial charge in [-0.15, -0.1) is 10.2 Å². The van der Waals surface area contributed by atoms with E-state index in [1.54, 1.807) is 23.8 Å². The zero-order chi connectivity index (χ0) is 18.0. The molecule has 9 heteroatoms. The molecule has 1 aliphatic carbocycles. The highest BCUT2D eigenvalue weighted by molar-refractivity contribution is 8.01. The second-order valence-electron chi connectivity index (χ2n) is 6.02. The third-order valence-corrected chi connectivity index (χ3v) is 5.83. The Balaban J connectivity index is 1.52. The Hall–Kier alpha value is -1.87. The summed E-state index contributed by atoms with van der Waals surface area (Å²) in [5.41, 5.74) is 0.